The molecule has 0 N–H and O–H groups in total. The summed E-state index contributed by atoms with van der Waals surface area (Å²) in [7, 11) is 0. The first kappa shape index (κ1) is 29.5. The summed E-state index contributed by atoms with van der Waals surface area (Å²) in [5.74, 6) is 0. The summed E-state index contributed by atoms with van der Waals surface area (Å²) in [6.45, 7) is 0. The maximum absolute atomic E-state index is 4.99. The molecule has 0 saturated carbocycles. The Balaban J connectivity index is -0.0000000208. The largest absolute Gasteiger partial charge is 3.00 e. The molecule has 0 aromatic rings. The second-order valence-corrected chi connectivity index (χ2v) is 2.42. The Morgan fingerprint density at radius 1 is 0.600 bits per heavy atom. The van der Waals surface area contributed by atoms with Gasteiger partial charge >= 0.3 is 17.4 Å². The van der Waals surface area contributed by atoms with Gasteiger partial charge in [-0.15, -0.1) is 0 Å². The number of hydrogen-bond donors (Lipinski definition) is 0. The van der Waals surface area contributed by atoms with Gasteiger partial charge in [-0.1, -0.05) is 46.4 Å². The molecule has 0 aliphatic carbocycles. The van der Waals surface area contributed by atoms with Crippen molar-refractivity contribution >= 4 is 63.8 Å². The summed E-state index contributed by atoms with van der Waals surface area (Å²) in [5.41, 5.74) is 0. The van der Waals surface area contributed by atoms with Crippen molar-refractivity contribution in [3.63, 3.8) is 0 Å². The molecule has 0 heterocycles. The second-order valence-electron chi connectivity index (χ2n) is 0.521. The van der Waals surface area contributed by atoms with E-state index in [9.17, 15) is 0 Å². The molecule has 60 valence electrons. The Morgan fingerprint density at radius 3 is 0.700 bits per heavy atom. The van der Waals surface area contributed by atoms with Crippen LogP contribution in [0.25, 0.3) is 0 Å². The van der Waals surface area contributed by atoms with Gasteiger partial charge < -0.3 is 37.2 Å². The van der Waals surface area contributed by atoms with E-state index >= 15 is 0 Å². The van der Waals surface area contributed by atoms with Gasteiger partial charge in [-0.05, 0) is 0 Å². The zero-order valence-electron chi connectivity index (χ0n) is 4.22. The zero-order chi connectivity index (χ0) is 5.15. The number of halogens is 7. The van der Waals surface area contributed by atoms with Crippen LogP contribution in [0.15, 0.2) is 8.98 Å². The molecule has 0 saturated heterocycles. The normalized spacial score (nSPS) is 4.80. The Labute approximate surface area is 109 Å². The maximum atomic E-state index is 4.99. The van der Waals surface area contributed by atoms with Crippen LogP contribution in [0.3, 0.4) is 0 Å². The maximum Gasteiger partial charge on any atom is 3.00 e. The van der Waals surface area contributed by atoms with Gasteiger partial charge in [0.05, 0.1) is 0 Å². The van der Waals surface area contributed by atoms with Crippen LogP contribution in [0.1, 0.15) is 0 Å². The van der Waals surface area contributed by atoms with Crippen molar-refractivity contribution in [2.45, 2.75) is 0 Å². The van der Waals surface area contributed by atoms with E-state index in [-0.39, 0.29) is 63.6 Å². The van der Waals surface area contributed by atoms with Crippen molar-refractivity contribution in [3.8, 4) is 0 Å². The van der Waals surface area contributed by atoms with E-state index in [2.05, 4.69) is 0 Å². The van der Waals surface area contributed by atoms with Gasteiger partial charge in [-0.3, -0.25) is 0 Å². The van der Waals surface area contributed by atoms with Gasteiger partial charge in [0.25, 0.3) is 0 Å². The van der Waals surface area contributed by atoms with Crippen molar-refractivity contribution in [2.24, 2.45) is 0 Å². The van der Waals surface area contributed by atoms with Crippen LogP contribution in [-0.2, 0) is 0 Å². The van der Waals surface area contributed by atoms with Crippen LogP contribution in [-0.4, -0.2) is 17.4 Å². The van der Waals surface area contributed by atoms with E-state index in [0.29, 0.717) is 0 Å². The van der Waals surface area contributed by atoms with Gasteiger partial charge in [0.2, 0.25) is 0 Å². The fraction of sp³-hybridized carbons (Fsp3) is 0. The third kappa shape index (κ3) is 22.4. The SMILES string of the molecule is ClC(Cl)=C(Cl)Cl.[Al+3].[Cl-].[Cl-].[Cl-]. The van der Waals surface area contributed by atoms with Crippen LogP contribution in [0.5, 0.6) is 0 Å². The molecule has 0 fully saturated rings. The fourth-order valence-electron chi connectivity index (χ4n) is 0. The molecule has 0 radical (unpaired) electrons. The van der Waals surface area contributed by atoms with Crippen molar-refractivity contribution in [2.75, 3.05) is 0 Å². The summed E-state index contributed by atoms with van der Waals surface area (Å²) < 4.78 is -0.198. The molecule has 0 nitrogen and oxygen atoms in total. The molecule has 0 rings (SSSR count). The van der Waals surface area contributed by atoms with E-state index in [1.807, 2.05) is 0 Å². The molecular formula is C2AlCl7. The Hall–Kier alpha value is 2.30. The van der Waals surface area contributed by atoms with E-state index in [1.165, 1.54) is 0 Å². The predicted octanol–water partition coefficient (Wildman–Crippen LogP) is -6.30. The second kappa shape index (κ2) is 17.4. The fourth-order valence-corrected chi connectivity index (χ4v) is 0. The van der Waals surface area contributed by atoms with E-state index in [4.69, 9.17) is 46.4 Å². The van der Waals surface area contributed by atoms with Gasteiger partial charge in [0.1, 0.15) is 8.98 Å². The summed E-state index contributed by atoms with van der Waals surface area (Å²) in [6, 6.07) is 0. The van der Waals surface area contributed by atoms with Gasteiger partial charge in [-0.25, -0.2) is 0 Å². The number of hydrogen-bond acceptors (Lipinski definition) is 0. The summed E-state index contributed by atoms with van der Waals surface area (Å²) in [6.07, 6.45) is 0. The molecule has 0 atom stereocenters. The first-order valence-electron chi connectivity index (χ1n) is 1.01. The molecule has 0 bridgehead atoms. The Morgan fingerprint density at radius 2 is 0.700 bits per heavy atom. The molecule has 0 aromatic heterocycles. The molecule has 0 aromatic carbocycles. The average molecular weight is 299 g/mol. The minimum atomic E-state index is -0.0988. The third-order valence-electron chi connectivity index (χ3n) is 0.143. The Kier molecular flexibility index (Phi) is 51.3. The monoisotopic (exact) mass is 296 g/mol. The van der Waals surface area contributed by atoms with Crippen LogP contribution in [0.2, 0.25) is 0 Å². The standard InChI is InChI=1S/C2Cl4.Al.3ClH/c3-1(4)2(5)6;;;;/h;;3*1H/q;+3;;;/p-3. The van der Waals surface area contributed by atoms with Gasteiger partial charge in [0, 0.05) is 0 Å². The quantitative estimate of drug-likeness (QED) is 0.391. The zero-order valence-corrected chi connectivity index (χ0v) is 10.7. The van der Waals surface area contributed by atoms with E-state index in [1.54, 1.807) is 0 Å². The van der Waals surface area contributed by atoms with Crippen molar-refractivity contribution in [3.05, 3.63) is 8.98 Å². The van der Waals surface area contributed by atoms with Crippen molar-refractivity contribution in [1.82, 2.24) is 0 Å². The van der Waals surface area contributed by atoms with E-state index in [0.717, 1.165) is 0 Å². The first-order valence-corrected chi connectivity index (χ1v) is 2.52. The minimum Gasteiger partial charge on any atom is -1.00 e. The molecule has 0 aliphatic rings. The molecule has 0 spiro atoms. The summed E-state index contributed by atoms with van der Waals surface area (Å²) >= 11 is 20.0. The Bertz CT molecular complexity index is 61.7. The van der Waals surface area contributed by atoms with Crippen molar-refractivity contribution < 1.29 is 37.2 Å². The topological polar surface area (TPSA) is 0 Å². The molecular weight excluding hydrogens is 299 g/mol. The predicted molar refractivity (Wildman–Crippen MR) is 36.2 cm³/mol. The molecule has 0 amide bonds. The first-order chi connectivity index (χ1) is 2.64. The molecule has 0 unspecified atom stereocenters. The van der Waals surface area contributed by atoms with Crippen molar-refractivity contribution in [1.29, 1.82) is 0 Å². The summed E-state index contributed by atoms with van der Waals surface area (Å²) in [4.78, 5) is 0. The third-order valence-corrected chi connectivity index (χ3v) is 1.29. The van der Waals surface area contributed by atoms with Crippen LogP contribution in [0.4, 0.5) is 0 Å². The smallest absolute Gasteiger partial charge is 1.00 e. The van der Waals surface area contributed by atoms with Crippen LogP contribution in [0, 0.1) is 0 Å². The molecule has 0 aliphatic heterocycles. The summed E-state index contributed by atoms with van der Waals surface area (Å²) in [5, 5.41) is 0. The number of rotatable bonds is 0. The van der Waals surface area contributed by atoms with E-state index < -0.39 is 0 Å². The van der Waals surface area contributed by atoms with Crippen LogP contribution < -0.4 is 37.2 Å². The minimum absolute atomic E-state index is 0. The molecule has 8 heteroatoms. The van der Waals surface area contributed by atoms with Gasteiger partial charge in [0.15, 0.2) is 0 Å². The van der Waals surface area contributed by atoms with Crippen LogP contribution >= 0.6 is 46.4 Å². The molecule has 10 heavy (non-hydrogen) atoms. The van der Waals surface area contributed by atoms with Gasteiger partial charge in [-0.2, -0.15) is 0 Å². The average Bonchev–Trinajstić information content (AvgIpc) is 1.36.